The van der Waals surface area contributed by atoms with Crippen molar-refractivity contribution in [2.45, 2.75) is 19.4 Å². The van der Waals surface area contributed by atoms with E-state index >= 15 is 0 Å². The van der Waals surface area contributed by atoms with Gasteiger partial charge < -0.3 is 5.32 Å². The molecule has 4 heteroatoms. The molecule has 0 spiro atoms. The van der Waals surface area contributed by atoms with Crippen molar-refractivity contribution in [2.24, 2.45) is 5.92 Å². The first-order valence-corrected chi connectivity index (χ1v) is 7.39. The third-order valence-electron chi connectivity index (χ3n) is 3.27. The van der Waals surface area contributed by atoms with Crippen LogP contribution in [0.3, 0.4) is 0 Å². The average molecular weight is 269 g/mol. The number of benzene rings is 1. The molecule has 2 aromatic rings. The maximum atomic E-state index is 8.78. The van der Waals surface area contributed by atoms with Crippen molar-refractivity contribution in [3.05, 3.63) is 40.2 Å². The summed E-state index contributed by atoms with van der Waals surface area (Å²) in [5.41, 5.74) is 2.76. The summed E-state index contributed by atoms with van der Waals surface area (Å²) in [6.07, 6.45) is 2.75. The lowest BCUT2D eigenvalue weighted by Crippen LogP contribution is -2.15. The van der Waals surface area contributed by atoms with Gasteiger partial charge in [0.05, 0.1) is 17.3 Å². The first-order chi connectivity index (χ1) is 9.35. The van der Waals surface area contributed by atoms with Gasteiger partial charge >= 0.3 is 0 Å². The van der Waals surface area contributed by atoms with Gasteiger partial charge in [0.25, 0.3) is 0 Å². The average Bonchev–Trinajstić information content (AvgIpc) is 3.15. The molecule has 0 saturated heterocycles. The molecule has 0 radical (unpaired) electrons. The number of nitriles is 1. The van der Waals surface area contributed by atoms with E-state index < -0.39 is 0 Å². The molecule has 1 fully saturated rings. The number of nitrogens with zero attached hydrogens (tertiary/aromatic N) is 2. The monoisotopic (exact) mass is 269 g/mol. The Morgan fingerprint density at radius 1 is 1.32 bits per heavy atom. The minimum Gasteiger partial charge on any atom is -0.310 e. The first-order valence-electron chi connectivity index (χ1n) is 6.51. The zero-order valence-electron chi connectivity index (χ0n) is 10.6. The van der Waals surface area contributed by atoms with Crippen molar-refractivity contribution in [2.75, 3.05) is 6.54 Å². The Bertz CT molecular complexity index is 591. The lowest BCUT2D eigenvalue weighted by molar-refractivity contribution is 0.637. The number of hydrogen-bond acceptors (Lipinski definition) is 4. The van der Waals surface area contributed by atoms with Crippen LogP contribution in [-0.4, -0.2) is 11.5 Å². The fourth-order valence-electron chi connectivity index (χ4n) is 1.95. The van der Waals surface area contributed by atoms with Crippen molar-refractivity contribution in [3.8, 4) is 17.3 Å². The molecule has 0 amide bonds. The topological polar surface area (TPSA) is 48.7 Å². The van der Waals surface area contributed by atoms with Crippen LogP contribution in [0.15, 0.2) is 29.6 Å². The van der Waals surface area contributed by atoms with Crippen LogP contribution in [0, 0.1) is 17.2 Å². The summed E-state index contributed by atoms with van der Waals surface area (Å²) < 4.78 is 0. The smallest absolute Gasteiger partial charge is 0.107 e. The quantitative estimate of drug-likeness (QED) is 0.907. The number of rotatable bonds is 5. The maximum absolute atomic E-state index is 8.78. The van der Waals surface area contributed by atoms with Gasteiger partial charge in [0, 0.05) is 17.5 Å². The largest absolute Gasteiger partial charge is 0.310 e. The first kappa shape index (κ1) is 12.3. The van der Waals surface area contributed by atoms with Gasteiger partial charge in [0.15, 0.2) is 0 Å². The van der Waals surface area contributed by atoms with E-state index in [0.29, 0.717) is 5.56 Å². The van der Waals surface area contributed by atoms with Crippen LogP contribution in [0.1, 0.15) is 23.4 Å². The Kier molecular flexibility index (Phi) is 3.58. The summed E-state index contributed by atoms with van der Waals surface area (Å²) in [6, 6.07) is 9.70. The standard InChI is InChI=1S/C15H15N3S/c16-7-11-3-5-13(6-4-11)14-10-19-15(18-14)9-17-8-12-1-2-12/h3-6,10,12,17H,1-2,8-9H2. The van der Waals surface area contributed by atoms with Crippen LogP contribution in [-0.2, 0) is 6.54 Å². The van der Waals surface area contributed by atoms with E-state index in [9.17, 15) is 0 Å². The lowest BCUT2D eigenvalue weighted by atomic mass is 10.1. The van der Waals surface area contributed by atoms with Gasteiger partial charge in [-0.15, -0.1) is 11.3 Å². The Labute approximate surface area is 116 Å². The van der Waals surface area contributed by atoms with Gasteiger partial charge in [-0.25, -0.2) is 4.98 Å². The Balaban J connectivity index is 1.63. The third kappa shape index (κ3) is 3.19. The molecule has 1 aliphatic rings. The van der Waals surface area contributed by atoms with E-state index in [1.807, 2.05) is 24.3 Å². The molecule has 1 heterocycles. The number of thiazole rings is 1. The minimum absolute atomic E-state index is 0.685. The molecule has 1 aromatic carbocycles. The van der Waals surface area contributed by atoms with Crippen LogP contribution in [0.5, 0.6) is 0 Å². The van der Waals surface area contributed by atoms with Crippen molar-refractivity contribution < 1.29 is 0 Å². The highest BCUT2D eigenvalue weighted by atomic mass is 32.1. The van der Waals surface area contributed by atoms with Crippen molar-refractivity contribution in [1.82, 2.24) is 10.3 Å². The number of nitrogens with one attached hydrogen (secondary N) is 1. The summed E-state index contributed by atoms with van der Waals surface area (Å²) >= 11 is 1.69. The van der Waals surface area contributed by atoms with E-state index in [2.05, 4.69) is 21.8 Å². The van der Waals surface area contributed by atoms with E-state index in [4.69, 9.17) is 5.26 Å². The van der Waals surface area contributed by atoms with Crippen LogP contribution >= 0.6 is 11.3 Å². The molecule has 3 rings (SSSR count). The van der Waals surface area contributed by atoms with Crippen molar-refractivity contribution in [3.63, 3.8) is 0 Å². The summed E-state index contributed by atoms with van der Waals surface area (Å²) in [5, 5.41) is 15.4. The molecule has 1 aromatic heterocycles. The summed E-state index contributed by atoms with van der Waals surface area (Å²) in [6.45, 7) is 1.98. The molecular formula is C15H15N3S. The van der Waals surface area contributed by atoms with Crippen LogP contribution in [0.25, 0.3) is 11.3 Å². The molecule has 1 aliphatic carbocycles. The molecule has 0 aliphatic heterocycles. The van der Waals surface area contributed by atoms with Gasteiger partial charge in [-0.3, -0.25) is 0 Å². The molecule has 19 heavy (non-hydrogen) atoms. The zero-order valence-corrected chi connectivity index (χ0v) is 11.4. The third-order valence-corrected chi connectivity index (χ3v) is 4.12. The Morgan fingerprint density at radius 2 is 2.11 bits per heavy atom. The lowest BCUT2D eigenvalue weighted by Gasteiger charge is -1.99. The molecular weight excluding hydrogens is 254 g/mol. The normalized spacial score (nSPS) is 14.3. The second-order valence-corrected chi connectivity index (χ2v) is 5.83. The second-order valence-electron chi connectivity index (χ2n) is 4.89. The summed E-state index contributed by atoms with van der Waals surface area (Å²) in [4.78, 5) is 4.63. The van der Waals surface area contributed by atoms with Gasteiger partial charge in [-0.05, 0) is 37.4 Å². The summed E-state index contributed by atoms with van der Waals surface area (Å²) in [5.74, 6) is 0.901. The van der Waals surface area contributed by atoms with Crippen LogP contribution in [0.2, 0.25) is 0 Å². The van der Waals surface area contributed by atoms with E-state index in [0.717, 1.165) is 35.3 Å². The fraction of sp³-hybridized carbons (Fsp3) is 0.333. The SMILES string of the molecule is N#Cc1ccc(-c2csc(CNCC3CC3)n2)cc1. The van der Waals surface area contributed by atoms with Crippen LogP contribution in [0.4, 0.5) is 0 Å². The fourth-order valence-corrected chi connectivity index (χ4v) is 2.72. The number of aromatic nitrogens is 1. The summed E-state index contributed by atoms with van der Waals surface area (Å²) in [7, 11) is 0. The van der Waals surface area contributed by atoms with Gasteiger partial charge in [-0.2, -0.15) is 5.26 Å². The van der Waals surface area contributed by atoms with Crippen molar-refractivity contribution in [1.29, 1.82) is 5.26 Å². The maximum Gasteiger partial charge on any atom is 0.107 e. The van der Waals surface area contributed by atoms with Gasteiger partial charge in [-0.1, -0.05) is 12.1 Å². The zero-order chi connectivity index (χ0) is 13.1. The highest BCUT2D eigenvalue weighted by Gasteiger charge is 2.20. The van der Waals surface area contributed by atoms with Gasteiger partial charge in [0.2, 0.25) is 0 Å². The Morgan fingerprint density at radius 3 is 2.79 bits per heavy atom. The molecule has 1 N–H and O–H groups in total. The predicted molar refractivity (Wildman–Crippen MR) is 76.7 cm³/mol. The van der Waals surface area contributed by atoms with Crippen LogP contribution < -0.4 is 5.32 Å². The minimum atomic E-state index is 0.685. The van der Waals surface area contributed by atoms with E-state index in [1.165, 1.54) is 12.8 Å². The highest BCUT2D eigenvalue weighted by molar-refractivity contribution is 7.09. The highest BCUT2D eigenvalue weighted by Crippen LogP contribution is 2.28. The molecule has 0 bridgehead atoms. The predicted octanol–water partition coefficient (Wildman–Crippen LogP) is 3.18. The molecule has 1 saturated carbocycles. The molecule has 96 valence electrons. The Hall–Kier alpha value is -1.70. The molecule has 3 nitrogen and oxygen atoms in total. The van der Waals surface area contributed by atoms with Crippen molar-refractivity contribution >= 4 is 11.3 Å². The molecule has 0 unspecified atom stereocenters. The van der Waals surface area contributed by atoms with E-state index in [1.54, 1.807) is 11.3 Å². The van der Waals surface area contributed by atoms with Gasteiger partial charge in [0.1, 0.15) is 5.01 Å². The molecule has 0 atom stereocenters. The second kappa shape index (κ2) is 5.52. The van der Waals surface area contributed by atoms with E-state index in [-0.39, 0.29) is 0 Å². The number of hydrogen-bond donors (Lipinski definition) is 1.